The molecule has 0 saturated heterocycles. The lowest BCUT2D eigenvalue weighted by Gasteiger charge is -2.20. The summed E-state index contributed by atoms with van der Waals surface area (Å²) in [6, 6.07) is 10.5. The van der Waals surface area contributed by atoms with Gasteiger partial charge in [-0.1, -0.05) is 38.3 Å². The average molecular weight is 581 g/mol. The number of benzene rings is 2. The highest BCUT2D eigenvalue weighted by molar-refractivity contribution is 5.90. The first-order valence-corrected chi connectivity index (χ1v) is 13.2. The smallest absolute Gasteiger partial charge is 0.371 e. The van der Waals surface area contributed by atoms with Gasteiger partial charge in [-0.25, -0.2) is 9.59 Å². The molecule has 0 radical (unpaired) electrons. The van der Waals surface area contributed by atoms with E-state index in [-0.39, 0.29) is 53.1 Å². The Hall–Kier alpha value is -5.13. The molecular formula is C30H28O12. The molecule has 2 aromatic carbocycles. The van der Waals surface area contributed by atoms with E-state index in [1.54, 1.807) is 0 Å². The fraction of sp³-hybridized carbons (Fsp3) is 0.300. The predicted molar refractivity (Wildman–Crippen MR) is 149 cm³/mol. The molecule has 0 aliphatic rings. The van der Waals surface area contributed by atoms with Crippen LogP contribution in [-0.4, -0.2) is 47.4 Å². The second kappa shape index (κ2) is 13.5. The van der Waals surface area contributed by atoms with Crippen LogP contribution in [0, 0.1) is 0 Å². The SMILES string of the molecule is CCCCCCC(=O)OC(COc1cccc2oc(C(=O)O)cc(=O)c12)COc1cccc2oc(C(=O)O)cc(=O)c12. The Morgan fingerprint density at radius 3 is 1.71 bits per heavy atom. The first-order chi connectivity index (χ1) is 20.2. The van der Waals surface area contributed by atoms with Crippen molar-refractivity contribution in [2.75, 3.05) is 13.2 Å². The first kappa shape index (κ1) is 29.8. The number of carbonyl (C=O) groups excluding carboxylic acids is 1. The van der Waals surface area contributed by atoms with Crippen molar-refractivity contribution in [3.05, 3.63) is 80.5 Å². The van der Waals surface area contributed by atoms with Gasteiger partial charge < -0.3 is 33.3 Å². The molecule has 0 fully saturated rings. The lowest BCUT2D eigenvalue weighted by Crippen LogP contribution is -2.31. The summed E-state index contributed by atoms with van der Waals surface area (Å²) in [5, 5.41) is 18.4. The van der Waals surface area contributed by atoms with E-state index in [0.29, 0.717) is 6.42 Å². The molecule has 0 unspecified atom stereocenters. The molecular weight excluding hydrogens is 552 g/mol. The van der Waals surface area contributed by atoms with Crippen LogP contribution in [0.1, 0.15) is 60.1 Å². The molecule has 12 nitrogen and oxygen atoms in total. The van der Waals surface area contributed by atoms with Gasteiger partial charge in [0.1, 0.15) is 46.7 Å². The minimum atomic E-state index is -1.40. The Bertz CT molecular complexity index is 1620. The number of carboxylic acids is 2. The molecule has 2 N–H and O–H groups in total. The van der Waals surface area contributed by atoms with Gasteiger partial charge in [0.25, 0.3) is 0 Å². The van der Waals surface area contributed by atoms with Crippen molar-refractivity contribution in [1.29, 1.82) is 0 Å². The summed E-state index contributed by atoms with van der Waals surface area (Å²) in [7, 11) is 0. The van der Waals surface area contributed by atoms with E-state index in [4.69, 9.17) is 23.0 Å². The highest BCUT2D eigenvalue weighted by Crippen LogP contribution is 2.26. The molecule has 0 amide bonds. The Balaban J connectivity index is 1.57. The molecule has 4 rings (SSSR count). The molecule has 0 saturated carbocycles. The summed E-state index contributed by atoms with van der Waals surface area (Å²) >= 11 is 0. The van der Waals surface area contributed by atoms with Gasteiger partial charge in [0.2, 0.25) is 11.5 Å². The van der Waals surface area contributed by atoms with Crippen molar-refractivity contribution in [1.82, 2.24) is 0 Å². The molecule has 2 aromatic heterocycles. The molecule has 2 heterocycles. The van der Waals surface area contributed by atoms with Crippen LogP contribution in [0.25, 0.3) is 21.9 Å². The molecule has 220 valence electrons. The molecule has 0 spiro atoms. The molecule has 4 aromatic rings. The standard InChI is InChI=1S/C30H28O12/c1-2-3-4-5-12-26(33)40-17(15-38-20-8-6-10-22-27(20)18(31)13-24(41-22)29(34)35)16-39-21-9-7-11-23-28(21)19(32)14-25(42-23)30(36)37/h6-11,13-14,17H,2-5,12,15-16H2,1H3,(H,34,35)(H,36,37). The number of esters is 1. The van der Waals surface area contributed by atoms with E-state index in [1.807, 2.05) is 0 Å². The minimum Gasteiger partial charge on any atom is -0.489 e. The highest BCUT2D eigenvalue weighted by atomic mass is 16.6. The number of hydrogen-bond donors (Lipinski definition) is 2. The number of rotatable bonds is 14. The van der Waals surface area contributed by atoms with Gasteiger partial charge in [0, 0.05) is 18.6 Å². The third-order valence-electron chi connectivity index (χ3n) is 6.24. The number of carbonyl (C=O) groups is 3. The Kier molecular flexibility index (Phi) is 9.58. The zero-order valence-electron chi connectivity index (χ0n) is 22.6. The van der Waals surface area contributed by atoms with Gasteiger partial charge in [-0.2, -0.15) is 0 Å². The fourth-order valence-electron chi connectivity index (χ4n) is 4.23. The zero-order valence-corrected chi connectivity index (χ0v) is 22.6. The van der Waals surface area contributed by atoms with Gasteiger partial charge in [-0.3, -0.25) is 14.4 Å². The maximum Gasteiger partial charge on any atom is 0.371 e. The molecule has 0 aliphatic carbocycles. The summed E-state index contributed by atoms with van der Waals surface area (Å²) in [5.74, 6) is -4.18. The zero-order chi connectivity index (χ0) is 30.2. The van der Waals surface area contributed by atoms with Crippen molar-refractivity contribution in [3.63, 3.8) is 0 Å². The van der Waals surface area contributed by atoms with E-state index in [2.05, 4.69) is 6.92 Å². The van der Waals surface area contributed by atoms with E-state index < -0.39 is 46.4 Å². The Morgan fingerprint density at radius 2 is 1.26 bits per heavy atom. The van der Waals surface area contributed by atoms with E-state index >= 15 is 0 Å². The van der Waals surface area contributed by atoms with Crippen LogP contribution >= 0.6 is 0 Å². The average Bonchev–Trinajstić information content (AvgIpc) is 2.96. The monoisotopic (exact) mass is 580 g/mol. The number of hydrogen-bond acceptors (Lipinski definition) is 10. The van der Waals surface area contributed by atoms with Crippen LogP contribution < -0.4 is 20.3 Å². The van der Waals surface area contributed by atoms with E-state index in [0.717, 1.165) is 31.4 Å². The van der Waals surface area contributed by atoms with Gasteiger partial charge in [-0.05, 0) is 30.7 Å². The predicted octanol–water partition coefficient (Wildman–Crippen LogP) is 4.64. The topological polar surface area (TPSA) is 180 Å². The van der Waals surface area contributed by atoms with Gasteiger partial charge in [0.05, 0.1) is 0 Å². The van der Waals surface area contributed by atoms with Crippen molar-refractivity contribution in [2.45, 2.75) is 45.1 Å². The summed E-state index contributed by atoms with van der Waals surface area (Å²) in [6.45, 7) is 1.53. The quantitative estimate of drug-likeness (QED) is 0.156. The number of fused-ring (bicyclic) bond motifs is 2. The second-order valence-corrected chi connectivity index (χ2v) is 9.36. The van der Waals surface area contributed by atoms with Crippen LogP contribution in [0.4, 0.5) is 0 Å². The normalized spacial score (nSPS) is 11.1. The van der Waals surface area contributed by atoms with Gasteiger partial charge >= 0.3 is 17.9 Å². The minimum absolute atomic E-state index is 0.00123. The van der Waals surface area contributed by atoms with Crippen LogP contribution in [0.3, 0.4) is 0 Å². The third-order valence-corrected chi connectivity index (χ3v) is 6.24. The molecule has 0 bridgehead atoms. The Labute approximate surface area is 238 Å². The highest BCUT2D eigenvalue weighted by Gasteiger charge is 2.21. The molecule has 0 atom stereocenters. The number of unbranched alkanes of at least 4 members (excludes halogenated alkanes) is 3. The molecule has 42 heavy (non-hydrogen) atoms. The first-order valence-electron chi connectivity index (χ1n) is 13.2. The number of aromatic carboxylic acids is 2. The largest absolute Gasteiger partial charge is 0.489 e. The Morgan fingerprint density at radius 1 is 0.762 bits per heavy atom. The van der Waals surface area contributed by atoms with Crippen LogP contribution in [0.2, 0.25) is 0 Å². The lowest BCUT2D eigenvalue weighted by atomic mass is 10.1. The summed E-state index contributed by atoms with van der Waals surface area (Å²) in [6.07, 6.45) is 2.64. The maximum absolute atomic E-state index is 12.7. The van der Waals surface area contributed by atoms with Crippen molar-refractivity contribution >= 4 is 39.8 Å². The number of ether oxygens (including phenoxy) is 3. The molecule has 0 aliphatic heterocycles. The lowest BCUT2D eigenvalue weighted by molar-refractivity contribution is -0.152. The van der Waals surface area contributed by atoms with Gasteiger partial charge in [0.15, 0.2) is 17.0 Å². The second-order valence-electron chi connectivity index (χ2n) is 9.36. The summed E-state index contributed by atoms with van der Waals surface area (Å²) < 4.78 is 27.9. The van der Waals surface area contributed by atoms with Crippen LogP contribution in [0.15, 0.2) is 67.0 Å². The van der Waals surface area contributed by atoms with Gasteiger partial charge in [-0.15, -0.1) is 0 Å². The maximum atomic E-state index is 12.7. The van der Waals surface area contributed by atoms with Crippen molar-refractivity contribution in [2.24, 2.45) is 0 Å². The van der Waals surface area contributed by atoms with Crippen molar-refractivity contribution in [3.8, 4) is 11.5 Å². The third kappa shape index (κ3) is 7.14. The summed E-state index contributed by atoms with van der Waals surface area (Å²) in [4.78, 5) is 60.5. The fourth-order valence-corrected chi connectivity index (χ4v) is 4.23. The van der Waals surface area contributed by atoms with Crippen molar-refractivity contribution < 1.29 is 47.6 Å². The van der Waals surface area contributed by atoms with E-state index in [9.17, 15) is 34.2 Å². The van der Waals surface area contributed by atoms with Crippen LogP contribution in [0.5, 0.6) is 11.5 Å². The van der Waals surface area contributed by atoms with Crippen LogP contribution in [-0.2, 0) is 9.53 Å². The molecule has 12 heteroatoms. The number of carboxylic acid groups (broad SMARTS) is 2. The summed E-state index contributed by atoms with van der Waals surface area (Å²) in [5.41, 5.74) is -1.26. The van der Waals surface area contributed by atoms with E-state index in [1.165, 1.54) is 36.4 Å².